The van der Waals surface area contributed by atoms with Gasteiger partial charge < -0.3 is 14.2 Å². The maximum atomic E-state index is 12.8. The lowest BCUT2D eigenvalue weighted by atomic mass is 10.1. The van der Waals surface area contributed by atoms with Crippen LogP contribution in [-0.4, -0.2) is 37.2 Å². The first-order chi connectivity index (χ1) is 32.0. The minimum Gasteiger partial charge on any atom is -0.462 e. The molecule has 0 radical (unpaired) electrons. The molecule has 0 aromatic heterocycles. The van der Waals surface area contributed by atoms with Gasteiger partial charge in [-0.1, -0.05) is 222 Å². The van der Waals surface area contributed by atoms with Crippen LogP contribution in [0.2, 0.25) is 0 Å². The van der Waals surface area contributed by atoms with Gasteiger partial charge in [0, 0.05) is 19.3 Å². The van der Waals surface area contributed by atoms with Crippen LogP contribution in [0.1, 0.15) is 149 Å². The van der Waals surface area contributed by atoms with Gasteiger partial charge in [0.05, 0.1) is 0 Å². The first-order valence-electron chi connectivity index (χ1n) is 24.4. The first-order valence-corrected chi connectivity index (χ1v) is 24.4. The van der Waals surface area contributed by atoms with Crippen molar-refractivity contribution in [1.82, 2.24) is 0 Å². The van der Waals surface area contributed by atoms with Crippen LogP contribution in [0.25, 0.3) is 0 Å². The van der Waals surface area contributed by atoms with E-state index in [1.807, 2.05) is 97.2 Å². The molecule has 6 nitrogen and oxygen atoms in total. The van der Waals surface area contributed by atoms with Crippen molar-refractivity contribution < 1.29 is 28.6 Å². The molecule has 0 aromatic rings. The number of carbonyl (C=O) groups is 3. The summed E-state index contributed by atoms with van der Waals surface area (Å²) < 4.78 is 16.6. The number of hydrogen-bond acceptors (Lipinski definition) is 6. The molecule has 0 bridgehead atoms. The molecule has 0 aliphatic carbocycles. The predicted octanol–water partition coefficient (Wildman–Crippen LogP) is 16.2. The fourth-order valence-corrected chi connectivity index (χ4v) is 5.56. The highest BCUT2D eigenvalue weighted by Crippen LogP contribution is 2.11. The third-order valence-corrected chi connectivity index (χ3v) is 9.12. The second-order valence-electron chi connectivity index (χ2n) is 15.1. The van der Waals surface area contributed by atoms with Crippen molar-refractivity contribution in [2.75, 3.05) is 13.2 Å². The van der Waals surface area contributed by atoms with Gasteiger partial charge in [0.15, 0.2) is 6.10 Å². The highest BCUT2D eigenvalue weighted by Gasteiger charge is 2.19. The van der Waals surface area contributed by atoms with Gasteiger partial charge in [-0.25, -0.2) is 0 Å². The molecule has 1 unspecified atom stereocenters. The van der Waals surface area contributed by atoms with Gasteiger partial charge in [-0.3, -0.25) is 14.4 Å². The third-order valence-electron chi connectivity index (χ3n) is 9.12. The van der Waals surface area contributed by atoms with E-state index in [0.29, 0.717) is 19.3 Å². The molecule has 0 saturated heterocycles. The van der Waals surface area contributed by atoms with E-state index in [4.69, 9.17) is 14.2 Å². The van der Waals surface area contributed by atoms with E-state index < -0.39 is 12.1 Å². The van der Waals surface area contributed by atoms with Gasteiger partial charge in [-0.05, 0) is 89.9 Å². The van der Waals surface area contributed by atoms with Crippen LogP contribution >= 0.6 is 0 Å². The van der Waals surface area contributed by atoms with E-state index in [1.54, 1.807) is 0 Å². The van der Waals surface area contributed by atoms with Crippen LogP contribution in [0.3, 0.4) is 0 Å². The van der Waals surface area contributed by atoms with Crippen molar-refractivity contribution in [2.45, 2.75) is 155 Å². The monoisotopic (exact) mass is 889 g/mol. The van der Waals surface area contributed by atoms with Gasteiger partial charge in [-0.15, -0.1) is 0 Å². The van der Waals surface area contributed by atoms with Crippen molar-refractivity contribution >= 4 is 17.9 Å². The number of hydrogen-bond donors (Lipinski definition) is 0. The maximum Gasteiger partial charge on any atom is 0.306 e. The smallest absolute Gasteiger partial charge is 0.306 e. The molecule has 0 aliphatic rings. The number of allylic oxidation sites excluding steroid dienone is 30. The summed E-state index contributed by atoms with van der Waals surface area (Å²) >= 11 is 0. The summed E-state index contributed by atoms with van der Waals surface area (Å²) in [5, 5.41) is 0. The van der Waals surface area contributed by atoms with Gasteiger partial charge >= 0.3 is 17.9 Å². The zero-order valence-electron chi connectivity index (χ0n) is 40.4. The van der Waals surface area contributed by atoms with E-state index in [2.05, 4.69) is 106 Å². The summed E-state index contributed by atoms with van der Waals surface area (Å²) in [6.45, 7) is 6.04. The SMILES string of the molecule is CC/C=C/C=C/C=C/C=C/C=C/CCCC(=O)OCC(COC(=O)CC/C=C/C/C=C/C/C=C/C/C=C/C/C=C/C/C=C/CC)OC(=O)CCCCCCC/C=C/C=C/C=C/C=C/CC. The fraction of sp³-hybridized carbons (Fsp3) is 0.441. The Kier molecular flexibility index (Phi) is 46.8. The van der Waals surface area contributed by atoms with E-state index >= 15 is 0 Å². The standard InChI is InChI=1S/C59H84O6/c1-4-7-10-13-16-19-22-25-27-28-29-30-32-34-37-40-43-46-49-52-58(61)64-55-56(54-63-57(60)51-48-45-42-39-36-33-24-21-18-15-12-9-6-3)65-59(62)53-50-47-44-41-38-35-31-26-23-20-17-14-11-8-5-2/h7-12,14-21,23-27,29-31,33-34,36-37,39,42-43,46,56H,4-6,13,22,28,32,35,38,40-41,44-45,47-55H2,1-3H3/b10-7+,11-8+,12-9+,17-14+,18-15+,19-16+,23-20+,24-21+,27-25+,30-29+,31-26+,36-33+,37-34+,42-39+,46-43+. The summed E-state index contributed by atoms with van der Waals surface area (Å²) in [4.78, 5) is 37.9. The summed E-state index contributed by atoms with van der Waals surface area (Å²) in [5.41, 5.74) is 0. The summed E-state index contributed by atoms with van der Waals surface area (Å²) in [6.07, 6.45) is 77.5. The Bertz CT molecular complexity index is 1630. The van der Waals surface area contributed by atoms with Crippen LogP contribution in [0.5, 0.6) is 0 Å². The minimum absolute atomic E-state index is 0.159. The van der Waals surface area contributed by atoms with Crippen molar-refractivity contribution in [3.63, 3.8) is 0 Å². The lowest BCUT2D eigenvalue weighted by molar-refractivity contribution is -0.166. The number of unbranched alkanes of at least 4 members (excludes halogenated alkanes) is 6. The minimum atomic E-state index is -0.860. The summed E-state index contributed by atoms with van der Waals surface area (Å²) in [6, 6.07) is 0. The molecule has 6 heteroatoms. The molecule has 65 heavy (non-hydrogen) atoms. The molecule has 0 fully saturated rings. The molecular formula is C59H84O6. The van der Waals surface area contributed by atoms with E-state index in [0.717, 1.165) is 89.9 Å². The predicted molar refractivity (Wildman–Crippen MR) is 278 cm³/mol. The molecule has 356 valence electrons. The zero-order valence-corrected chi connectivity index (χ0v) is 40.4. The van der Waals surface area contributed by atoms with Crippen molar-refractivity contribution in [3.8, 4) is 0 Å². The Hall–Kier alpha value is -5.49. The number of rotatable bonds is 40. The topological polar surface area (TPSA) is 78.9 Å². The third kappa shape index (κ3) is 49.4. The lowest BCUT2D eigenvalue weighted by Crippen LogP contribution is -2.30. The molecule has 0 rings (SSSR count). The average molecular weight is 889 g/mol. The number of esters is 3. The quantitative estimate of drug-likeness (QED) is 0.0200. The van der Waals surface area contributed by atoms with Crippen LogP contribution < -0.4 is 0 Å². The summed E-state index contributed by atoms with van der Waals surface area (Å²) in [5.74, 6) is -1.16. The fourth-order valence-electron chi connectivity index (χ4n) is 5.56. The van der Waals surface area contributed by atoms with E-state index in [9.17, 15) is 14.4 Å². The molecule has 0 amide bonds. The molecule has 0 N–H and O–H groups in total. The molecule has 0 heterocycles. The van der Waals surface area contributed by atoms with E-state index in [1.165, 1.54) is 0 Å². The highest BCUT2D eigenvalue weighted by atomic mass is 16.6. The average Bonchev–Trinajstić information content (AvgIpc) is 3.30. The Morgan fingerprint density at radius 1 is 0.323 bits per heavy atom. The molecule has 1 atom stereocenters. The van der Waals surface area contributed by atoms with Gasteiger partial charge in [0.2, 0.25) is 0 Å². The van der Waals surface area contributed by atoms with Crippen molar-refractivity contribution in [2.24, 2.45) is 0 Å². The van der Waals surface area contributed by atoms with Crippen LogP contribution in [0.15, 0.2) is 182 Å². The zero-order chi connectivity index (χ0) is 47.2. The lowest BCUT2D eigenvalue weighted by Gasteiger charge is -2.18. The number of ether oxygens (including phenoxy) is 3. The largest absolute Gasteiger partial charge is 0.462 e. The highest BCUT2D eigenvalue weighted by molar-refractivity contribution is 5.71. The molecule has 0 spiro atoms. The van der Waals surface area contributed by atoms with Crippen LogP contribution in [0.4, 0.5) is 0 Å². The first kappa shape index (κ1) is 59.5. The molecule has 0 aliphatic heterocycles. The van der Waals surface area contributed by atoms with Gasteiger partial charge in [-0.2, -0.15) is 0 Å². The Morgan fingerprint density at radius 2 is 0.677 bits per heavy atom. The molecular weight excluding hydrogens is 805 g/mol. The normalized spacial score (nSPS) is 13.7. The summed E-state index contributed by atoms with van der Waals surface area (Å²) in [7, 11) is 0. The Labute approximate surface area is 395 Å². The Morgan fingerprint density at radius 3 is 1.15 bits per heavy atom. The maximum absolute atomic E-state index is 12.8. The Balaban J connectivity index is 4.69. The van der Waals surface area contributed by atoms with E-state index in [-0.39, 0.29) is 44.4 Å². The van der Waals surface area contributed by atoms with Crippen molar-refractivity contribution in [3.05, 3.63) is 182 Å². The second kappa shape index (κ2) is 51.1. The van der Waals surface area contributed by atoms with Crippen LogP contribution in [-0.2, 0) is 28.6 Å². The van der Waals surface area contributed by atoms with Gasteiger partial charge in [0.1, 0.15) is 13.2 Å². The second-order valence-corrected chi connectivity index (χ2v) is 15.1. The van der Waals surface area contributed by atoms with Crippen LogP contribution in [0, 0.1) is 0 Å². The molecule has 0 saturated carbocycles. The van der Waals surface area contributed by atoms with Crippen molar-refractivity contribution in [1.29, 1.82) is 0 Å². The van der Waals surface area contributed by atoms with Gasteiger partial charge in [0.25, 0.3) is 0 Å². The number of carbonyl (C=O) groups excluding carboxylic acids is 3. The molecule has 0 aromatic carbocycles.